The summed E-state index contributed by atoms with van der Waals surface area (Å²) in [4.78, 5) is 10.1. The molecule has 17 heavy (non-hydrogen) atoms. The summed E-state index contributed by atoms with van der Waals surface area (Å²) in [6.45, 7) is 6.03. The van der Waals surface area contributed by atoms with E-state index in [1.807, 2.05) is 12.3 Å². The van der Waals surface area contributed by atoms with E-state index in [0.717, 1.165) is 33.8 Å². The fourth-order valence-electron chi connectivity index (χ4n) is 1.48. The summed E-state index contributed by atoms with van der Waals surface area (Å²) in [7, 11) is 0. The Bertz CT molecular complexity index is 510. The van der Waals surface area contributed by atoms with Crippen LogP contribution in [0.1, 0.15) is 17.5 Å². The number of aromatic nitrogens is 2. The van der Waals surface area contributed by atoms with Crippen molar-refractivity contribution in [2.24, 2.45) is 0 Å². The molecule has 0 atom stereocenters. The van der Waals surface area contributed by atoms with Crippen LogP contribution in [0.5, 0.6) is 0 Å². The molecular weight excluding hydrogens is 298 g/mol. The summed E-state index contributed by atoms with van der Waals surface area (Å²) in [6.07, 6.45) is 3.63. The number of hydrogen-bond donors (Lipinski definition) is 1. The number of hydrogen-bond acceptors (Lipinski definition) is 4. The van der Waals surface area contributed by atoms with Crippen LogP contribution in [-0.2, 0) is 6.54 Å². The van der Waals surface area contributed by atoms with Crippen molar-refractivity contribution in [1.82, 2.24) is 15.3 Å². The van der Waals surface area contributed by atoms with Crippen LogP contribution >= 0.6 is 27.3 Å². The van der Waals surface area contributed by atoms with Crippen LogP contribution in [0.25, 0.3) is 10.6 Å². The lowest BCUT2D eigenvalue weighted by molar-refractivity contribution is 0.731. The summed E-state index contributed by atoms with van der Waals surface area (Å²) >= 11 is 5.16. The smallest absolute Gasteiger partial charge is 0.125 e. The number of pyridine rings is 1. The highest BCUT2D eigenvalue weighted by Crippen LogP contribution is 2.28. The van der Waals surface area contributed by atoms with Crippen molar-refractivity contribution in [3.05, 3.63) is 33.5 Å². The second kappa shape index (κ2) is 5.71. The standard InChI is InChI=1S/C12H14BrN3S/c1-3-14-7-11-8(2)16-12(17-11)9-4-10(13)6-15-5-9/h4-6,14H,3,7H2,1-2H3. The molecule has 0 aliphatic heterocycles. The van der Waals surface area contributed by atoms with E-state index in [1.165, 1.54) is 4.88 Å². The quantitative estimate of drug-likeness (QED) is 0.940. The van der Waals surface area contributed by atoms with Crippen molar-refractivity contribution in [3.8, 4) is 10.6 Å². The third-order valence-electron chi connectivity index (χ3n) is 2.38. The summed E-state index contributed by atoms with van der Waals surface area (Å²) < 4.78 is 0.982. The number of nitrogens with zero attached hydrogens (tertiary/aromatic N) is 2. The van der Waals surface area contributed by atoms with E-state index in [0.29, 0.717) is 0 Å². The van der Waals surface area contributed by atoms with Crippen molar-refractivity contribution < 1.29 is 0 Å². The summed E-state index contributed by atoms with van der Waals surface area (Å²) in [5, 5.41) is 4.36. The number of halogens is 1. The fraction of sp³-hybridized carbons (Fsp3) is 0.333. The maximum Gasteiger partial charge on any atom is 0.125 e. The summed E-state index contributed by atoms with van der Waals surface area (Å²) in [5.74, 6) is 0. The maximum absolute atomic E-state index is 4.59. The molecule has 0 spiro atoms. The van der Waals surface area contributed by atoms with Gasteiger partial charge in [0, 0.05) is 33.9 Å². The monoisotopic (exact) mass is 311 g/mol. The minimum absolute atomic E-state index is 0.890. The Kier molecular flexibility index (Phi) is 4.25. The zero-order chi connectivity index (χ0) is 12.3. The fourth-order valence-corrected chi connectivity index (χ4v) is 2.86. The van der Waals surface area contributed by atoms with Gasteiger partial charge in [0.15, 0.2) is 0 Å². The van der Waals surface area contributed by atoms with Crippen molar-refractivity contribution in [2.75, 3.05) is 6.54 Å². The normalized spacial score (nSPS) is 10.8. The van der Waals surface area contributed by atoms with Crippen molar-refractivity contribution in [2.45, 2.75) is 20.4 Å². The van der Waals surface area contributed by atoms with Crippen LogP contribution < -0.4 is 5.32 Å². The van der Waals surface area contributed by atoms with Gasteiger partial charge in [0.05, 0.1) is 5.69 Å². The van der Waals surface area contributed by atoms with E-state index < -0.39 is 0 Å². The Morgan fingerprint density at radius 3 is 2.94 bits per heavy atom. The lowest BCUT2D eigenvalue weighted by Crippen LogP contribution is -2.11. The first kappa shape index (κ1) is 12.7. The zero-order valence-electron chi connectivity index (χ0n) is 9.83. The molecular formula is C12H14BrN3S. The third-order valence-corrected chi connectivity index (χ3v) is 4.02. The molecule has 0 aromatic carbocycles. The first-order valence-electron chi connectivity index (χ1n) is 5.48. The molecule has 0 radical (unpaired) electrons. The van der Waals surface area contributed by atoms with Crippen molar-refractivity contribution >= 4 is 27.3 Å². The molecule has 90 valence electrons. The molecule has 5 heteroatoms. The highest BCUT2D eigenvalue weighted by Gasteiger charge is 2.09. The molecule has 2 aromatic heterocycles. The minimum Gasteiger partial charge on any atom is -0.312 e. The average molecular weight is 312 g/mol. The van der Waals surface area contributed by atoms with Gasteiger partial charge in [0.2, 0.25) is 0 Å². The highest BCUT2D eigenvalue weighted by molar-refractivity contribution is 9.10. The first-order chi connectivity index (χ1) is 8.20. The lowest BCUT2D eigenvalue weighted by Gasteiger charge is -1.97. The van der Waals surface area contributed by atoms with Gasteiger partial charge in [-0.3, -0.25) is 4.98 Å². The molecule has 2 aromatic rings. The molecule has 2 rings (SSSR count). The molecule has 0 saturated carbocycles. The minimum atomic E-state index is 0.890. The van der Waals surface area contributed by atoms with Gasteiger partial charge in [0.1, 0.15) is 5.01 Å². The molecule has 2 heterocycles. The number of nitrogens with one attached hydrogen (secondary N) is 1. The summed E-state index contributed by atoms with van der Waals surface area (Å²) in [5.41, 5.74) is 2.17. The van der Waals surface area contributed by atoms with Crippen LogP contribution in [0.3, 0.4) is 0 Å². The molecule has 3 nitrogen and oxygen atoms in total. The number of thiazole rings is 1. The number of rotatable bonds is 4. The average Bonchev–Trinajstić information content (AvgIpc) is 2.68. The predicted molar refractivity (Wildman–Crippen MR) is 75.2 cm³/mol. The van der Waals surface area contributed by atoms with E-state index in [1.54, 1.807) is 17.5 Å². The Labute approximate surface area is 113 Å². The van der Waals surface area contributed by atoms with Gasteiger partial charge in [-0.2, -0.15) is 0 Å². The van der Waals surface area contributed by atoms with Crippen molar-refractivity contribution in [1.29, 1.82) is 0 Å². The predicted octanol–water partition coefficient (Wildman–Crippen LogP) is 3.39. The van der Waals surface area contributed by atoms with E-state index >= 15 is 0 Å². The first-order valence-corrected chi connectivity index (χ1v) is 7.09. The van der Waals surface area contributed by atoms with E-state index in [2.05, 4.69) is 45.1 Å². The molecule has 0 aliphatic carbocycles. The second-order valence-corrected chi connectivity index (χ2v) is 5.70. The van der Waals surface area contributed by atoms with Crippen LogP contribution in [0.2, 0.25) is 0 Å². The van der Waals surface area contributed by atoms with E-state index in [-0.39, 0.29) is 0 Å². The Balaban J connectivity index is 2.28. The van der Waals surface area contributed by atoms with Gasteiger partial charge < -0.3 is 5.32 Å². The molecule has 0 fully saturated rings. The van der Waals surface area contributed by atoms with Crippen LogP contribution in [-0.4, -0.2) is 16.5 Å². The van der Waals surface area contributed by atoms with E-state index in [4.69, 9.17) is 0 Å². The van der Waals surface area contributed by atoms with Crippen LogP contribution in [0.15, 0.2) is 22.9 Å². The van der Waals surface area contributed by atoms with Gasteiger partial charge in [-0.1, -0.05) is 6.92 Å². The van der Waals surface area contributed by atoms with Crippen LogP contribution in [0.4, 0.5) is 0 Å². The number of aryl methyl sites for hydroxylation is 1. The van der Waals surface area contributed by atoms with Crippen molar-refractivity contribution in [3.63, 3.8) is 0 Å². The second-order valence-electron chi connectivity index (χ2n) is 3.70. The molecule has 0 aliphatic rings. The highest BCUT2D eigenvalue weighted by atomic mass is 79.9. The molecule has 0 amide bonds. The van der Waals surface area contributed by atoms with Gasteiger partial charge >= 0.3 is 0 Å². The van der Waals surface area contributed by atoms with Gasteiger partial charge in [-0.15, -0.1) is 11.3 Å². The molecule has 0 bridgehead atoms. The van der Waals surface area contributed by atoms with Crippen LogP contribution in [0, 0.1) is 6.92 Å². The molecule has 1 N–H and O–H groups in total. The Morgan fingerprint density at radius 1 is 1.41 bits per heavy atom. The van der Waals surface area contributed by atoms with Gasteiger partial charge in [-0.25, -0.2) is 4.98 Å². The topological polar surface area (TPSA) is 37.8 Å². The van der Waals surface area contributed by atoms with E-state index in [9.17, 15) is 0 Å². The van der Waals surface area contributed by atoms with Gasteiger partial charge in [-0.05, 0) is 35.5 Å². The molecule has 0 unspecified atom stereocenters. The maximum atomic E-state index is 4.59. The summed E-state index contributed by atoms with van der Waals surface area (Å²) in [6, 6.07) is 2.04. The Morgan fingerprint density at radius 2 is 2.24 bits per heavy atom. The lowest BCUT2D eigenvalue weighted by atomic mass is 10.3. The Hall–Kier alpha value is -0.780. The molecule has 0 saturated heterocycles. The third kappa shape index (κ3) is 3.12. The van der Waals surface area contributed by atoms with Gasteiger partial charge in [0.25, 0.3) is 0 Å². The SMILES string of the molecule is CCNCc1sc(-c2cncc(Br)c2)nc1C. The zero-order valence-corrected chi connectivity index (χ0v) is 12.2. The largest absolute Gasteiger partial charge is 0.312 e.